The Bertz CT molecular complexity index is 366. The Kier molecular flexibility index (Phi) is 2.19. The number of aromatic nitrogens is 1. The molecule has 4 heteroatoms. The highest BCUT2D eigenvalue weighted by atomic mass is 79.9. The molecule has 1 aliphatic heterocycles. The number of anilines is 1. The van der Waals surface area contributed by atoms with E-state index < -0.39 is 0 Å². The van der Waals surface area contributed by atoms with Crippen molar-refractivity contribution in [2.45, 2.75) is 6.42 Å². The van der Waals surface area contributed by atoms with Gasteiger partial charge in [-0.3, -0.25) is 0 Å². The number of rotatable bonds is 1. The van der Waals surface area contributed by atoms with Gasteiger partial charge in [-0.15, -0.1) is 0 Å². The minimum absolute atomic E-state index is 0.517. The Labute approximate surface area is 85.1 Å². The zero-order valence-corrected chi connectivity index (χ0v) is 8.58. The van der Waals surface area contributed by atoms with Gasteiger partial charge in [0.15, 0.2) is 5.69 Å². The summed E-state index contributed by atoms with van der Waals surface area (Å²) in [5.41, 5.74) is 1.46. The number of nitriles is 1. The van der Waals surface area contributed by atoms with E-state index in [9.17, 15) is 0 Å². The molecule has 1 aromatic rings. The second-order valence-corrected chi connectivity index (χ2v) is 3.89. The summed E-state index contributed by atoms with van der Waals surface area (Å²) in [4.78, 5) is 6.21. The van der Waals surface area contributed by atoms with Gasteiger partial charge in [0, 0.05) is 23.8 Å². The van der Waals surface area contributed by atoms with E-state index in [0.29, 0.717) is 5.69 Å². The summed E-state index contributed by atoms with van der Waals surface area (Å²) in [6.45, 7) is 2.07. The van der Waals surface area contributed by atoms with Gasteiger partial charge in [0.1, 0.15) is 6.07 Å². The Hall–Kier alpha value is -1.08. The molecule has 0 amide bonds. The summed E-state index contributed by atoms with van der Waals surface area (Å²) in [5, 5.41) is 8.82. The lowest BCUT2D eigenvalue weighted by Crippen LogP contribution is -2.37. The normalized spacial score (nSPS) is 14.9. The third-order valence-corrected chi connectivity index (χ3v) is 2.57. The number of halogens is 1. The number of hydrogen-bond acceptors (Lipinski definition) is 3. The van der Waals surface area contributed by atoms with E-state index in [1.807, 2.05) is 6.07 Å². The fourth-order valence-electron chi connectivity index (χ4n) is 1.31. The molecule has 3 nitrogen and oxygen atoms in total. The van der Waals surface area contributed by atoms with E-state index in [4.69, 9.17) is 5.26 Å². The average molecular weight is 238 g/mol. The van der Waals surface area contributed by atoms with Crippen molar-refractivity contribution in [3.8, 4) is 6.07 Å². The van der Waals surface area contributed by atoms with Crippen LogP contribution in [0.25, 0.3) is 0 Å². The highest BCUT2D eigenvalue weighted by molar-refractivity contribution is 9.10. The van der Waals surface area contributed by atoms with Gasteiger partial charge < -0.3 is 4.90 Å². The van der Waals surface area contributed by atoms with Gasteiger partial charge in [0.2, 0.25) is 0 Å². The summed E-state index contributed by atoms with van der Waals surface area (Å²) in [6, 6.07) is 4.05. The van der Waals surface area contributed by atoms with Crippen LogP contribution in [0.5, 0.6) is 0 Å². The molecule has 0 bridgehead atoms. The first-order valence-corrected chi connectivity index (χ1v) is 4.91. The highest BCUT2D eigenvalue weighted by Crippen LogP contribution is 2.26. The topological polar surface area (TPSA) is 39.9 Å². The third-order valence-electron chi connectivity index (χ3n) is 2.14. The van der Waals surface area contributed by atoms with Crippen LogP contribution >= 0.6 is 15.9 Å². The van der Waals surface area contributed by atoms with Crippen LogP contribution in [0.2, 0.25) is 0 Å². The Morgan fingerprint density at radius 2 is 2.31 bits per heavy atom. The Morgan fingerprint density at radius 3 is 2.85 bits per heavy atom. The van der Waals surface area contributed by atoms with E-state index in [-0.39, 0.29) is 0 Å². The molecule has 0 atom stereocenters. The van der Waals surface area contributed by atoms with Gasteiger partial charge in [-0.1, -0.05) is 0 Å². The van der Waals surface area contributed by atoms with Crippen molar-refractivity contribution >= 4 is 21.6 Å². The standard InChI is InChI=1S/C9H8BrN3/c10-7-4-9(13-2-1-3-13)8(5-11)12-6-7/h4,6H,1-3H2. The SMILES string of the molecule is N#Cc1ncc(Br)cc1N1CCC1. The molecule has 0 spiro atoms. The lowest BCUT2D eigenvalue weighted by atomic mass is 10.1. The summed E-state index contributed by atoms with van der Waals surface area (Å²) in [5.74, 6) is 0. The van der Waals surface area contributed by atoms with Crippen LogP contribution in [0.4, 0.5) is 5.69 Å². The number of pyridine rings is 1. The second-order valence-electron chi connectivity index (χ2n) is 2.97. The summed E-state index contributed by atoms with van der Waals surface area (Å²) in [6.07, 6.45) is 2.86. The van der Waals surface area contributed by atoms with E-state index in [1.165, 1.54) is 6.42 Å². The first kappa shape index (κ1) is 8.52. The first-order valence-electron chi connectivity index (χ1n) is 4.12. The monoisotopic (exact) mass is 237 g/mol. The molecule has 1 saturated heterocycles. The molecule has 0 N–H and O–H groups in total. The Balaban J connectivity index is 2.41. The van der Waals surface area contributed by atoms with Gasteiger partial charge in [0.25, 0.3) is 0 Å². The molecule has 66 valence electrons. The summed E-state index contributed by atoms with van der Waals surface area (Å²) in [7, 11) is 0. The largest absolute Gasteiger partial charge is 0.369 e. The van der Waals surface area contributed by atoms with E-state index >= 15 is 0 Å². The highest BCUT2D eigenvalue weighted by Gasteiger charge is 2.18. The van der Waals surface area contributed by atoms with Crippen molar-refractivity contribution in [1.82, 2.24) is 4.98 Å². The first-order chi connectivity index (χ1) is 6.31. The van der Waals surface area contributed by atoms with Crippen LogP contribution in [0, 0.1) is 11.3 Å². The van der Waals surface area contributed by atoms with Crippen LogP contribution in [-0.4, -0.2) is 18.1 Å². The molecule has 0 aromatic carbocycles. The number of nitrogens with zero attached hydrogens (tertiary/aromatic N) is 3. The molecule has 1 fully saturated rings. The Morgan fingerprint density at radius 1 is 1.54 bits per heavy atom. The lowest BCUT2D eigenvalue weighted by molar-refractivity contribution is 0.615. The minimum Gasteiger partial charge on any atom is -0.369 e. The molecular formula is C9H8BrN3. The van der Waals surface area contributed by atoms with Crippen molar-refractivity contribution in [3.63, 3.8) is 0 Å². The minimum atomic E-state index is 0.517. The van der Waals surface area contributed by atoms with Crippen molar-refractivity contribution in [2.75, 3.05) is 18.0 Å². The molecule has 0 unspecified atom stereocenters. The predicted molar refractivity (Wildman–Crippen MR) is 53.5 cm³/mol. The quantitative estimate of drug-likeness (QED) is 0.750. The van der Waals surface area contributed by atoms with Crippen LogP contribution in [0.15, 0.2) is 16.7 Å². The predicted octanol–water partition coefficient (Wildman–Crippen LogP) is 1.93. The van der Waals surface area contributed by atoms with E-state index in [2.05, 4.69) is 31.9 Å². The fourth-order valence-corrected chi connectivity index (χ4v) is 1.63. The average Bonchev–Trinajstić information content (AvgIpc) is 2.02. The molecule has 0 radical (unpaired) electrons. The molecule has 2 rings (SSSR count). The summed E-state index contributed by atoms with van der Waals surface area (Å²) < 4.78 is 0.924. The van der Waals surface area contributed by atoms with Gasteiger partial charge in [-0.2, -0.15) is 5.26 Å². The third kappa shape index (κ3) is 1.52. The van der Waals surface area contributed by atoms with Crippen molar-refractivity contribution < 1.29 is 0 Å². The van der Waals surface area contributed by atoms with Crippen LogP contribution in [0.1, 0.15) is 12.1 Å². The lowest BCUT2D eigenvalue weighted by Gasteiger charge is -2.33. The molecule has 13 heavy (non-hydrogen) atoms. The molecular weight excluding hydrogens is 230 g/mol. The van der Waals surface area contributed by atoms with Gasteiger partial charge >= 0.3 is 0 Å². The van der Waals surface area contributed by atoms with Crippen molar-refractivity contribution in [1.29, 1.82) is 5.26 Å². The molecule has 1 aromatic heterocycles. The zero-order valence-electron chi connectivity index (χ0n) is 7.00. The fraction of sp³-hybridized carbons (Fsp3) is 0.333. The second kappa shape index (κ2) is 3.35. The van der Waals surface area contributed by atoms with Crippen LogP contribution < -0.4 is 4.90 Å². The van der Waals surface area contributed by atoms with E-state index in [1.54, 1.807) is 6.20 Å². The van der Waals surface area contributed by atoms with Gasteiger partial charge in [-0.25, -0.2) is 4.98 Å². The molecule has 1 aliphatic rings. The molecule has 2 heterocycles. The van der Waals surface area contributed by atoms with Crippen molar-refractivity contribution in [2.24, 2.45) is 0 Å². The molecule has 0 saturated carbocycles. The molecule has 0 aliphatic carbocycles. The van der Waals surface area contributed by atoms with Gasteiger partial charge in [-0.05, 0) is 28.4 Å². The van der Waals surface area contributed by atoms with Crippen molar-refractivity contribution in [3.05, 3.63) is 22.4 Å². The maximum atomic E-state index is 8.82. The maximum Gasteiger partial charge on any atom is 0.163 e. The maximum absolute atomic E-state index is 8.82. The van der Waals surface area contributed by atoms with Crippen LogP contribution in [0.3, 0.4) is 0 Å². The smallest absolute Gasteiger partial charge is 0.163 e. The van der Waals surface area contributed by atoms with Gasteiger partial charge in [0.05, 0.1) is 5.69 Å². The van der Waals surface area contributed by atoms with E-state index in [0.717, 1.165) is 23.2 Å². The zero-order chi connectivity index (χ0) is 9.26. The summed E-state index contributed by atoms with van der Waals surface area (Å²) >= 11 is 3.35. The van der Waals surface area contributed by atoms with Crippen LogP contribution in [-0.2, 0) is 0 Å². The number of hydrogen-bond donors (Lipinski definition) is 0.